The Kier molecular flexibility index (Phi) is 5.69. The number of rotatable bonds is 6. The monoisotopic (exact) mass is 249 g/mol. The third kappa shape index (κ3) is 4.06. The number of aryl methyl sites for hydroxylation is 1. The fourth-order valence-electron chi connectivity index (χ4n) is 1.60. The van der Waals surface area contributed by atoms with E-state index in [9.17, 15) is 4.79 Å². The lowest BCUT2D eigenvalue weighted by Crippen LogP contribution is -2.42. The molecule has 0 aromatic heterocycles. The van der Waals surface area contributed by atoms with Gasteiger partial charge in [0.25, 0.3) is 5.91 Å². The van der Waals surface area contributed by atoms with E-state index in [0.717, 1.165) is 17.7 Å². The fourth-order valence-corrected chi connectivity index (χ4v) is 1.60. The normalized spacial score (nSPS) is 13.8. The minimum atomic E-state index is -0.417. The summed E-state index contributed by atoms with van der Waals surface area (Å²) in [5, 5.41) is 2.96. The highest BCUT2D eigenvalue weighted by Gasteiger charge is 2.19. The van der Waals surface area contributed by atoms with Gasteiger partial charge in [0.2, 0.25) is 0 Å². The van der Waals surface area contributed by atoms with Crippen molar-refractivity contribution in [1.82, 2.24) is 5.32 Å². The Balaban J connectivity index is 2.67. The van der Waals surface area contributed by atoms with E-state index in [1.165, 1.54) is 0 Å². The minimum absolute atomic E-state index is 0.0323. The highest BCUT2D eigenvalue weighted by atomic mass is 16.5. The number of carbonyl (C=O) groups is 1. The molecule has 0 aliphatic carbocycles. The van der Waals surface area contributed by atoms with Gasteiger partial charge in [0.15, 0.2) is 6.10 Å². The lowest BCUT2D eigenvalue weighted by atomic mass is 10.2. The van der Waals surface area contributed by atoms with E-state index in [1.54, 1.807) is 0 Å². The van der Waals surface area contributed by atoms with E-state index in [2.05, 4.69) is 5.32 Å². The van der Waals surface area contributed by atoms with E-state index >= 15 is 0 Å². The molecule has 1 rings (SSSR count). The van der Waals surface area contributed by atoms with Gasteiger partial charge >= 0.3 is 0 Å². The van der Waals surface area contributed by atoms with Crippen LogP contribution < -0.4 is 10.1 Å². The quantitative estimate of drug-likeness (QED) is 0.841. The molecule has 0 fully saturated rings. The van der Waals surface area contributed by atoms with Crippen molar-refractivity contribution in [3.05, 3.63) is 29.8 Å². The number of benzene rings is 1. The molecule has 0 aliphatic heterocycles. The van der Waals surface area contributed by atoms with Crippen LogP contribution in [-0.2, 0) is 4.79 Å². The van der Waals surface area contributed by atoms with Crippen molar-refractivity contribution in [3.8, 4) is 5.75 Å². The summed E-state index contributed by atoms with van der Waals surface area (Å²) in [6.07, 6.45) is 1.17. The molecule has 100 valence electrons. The molecule has 3 heteroatoms. The van der Waals surface area contributed by atoms with E-state index in [4.69, 9.17) is 4.74 Å². The highest BCUT2D eigenvalue weighted by Crippen LogP contribution is 2.18. The lowest BCUT2D eigenvalue weighted by molar-refractivity contribution is -0.128. The van der Waals surface area contributed by atoms with Gasteiger partial charge in [-0.3, -0.25) is 4.79 Å². The second kappa shape index (κ2) is 7.04. The highest BCUT2D eigenvalue weighted by molar-refractivity contribution is 5.81. The Labute approximate surface area is 110 Å². The third-order valence-corrected chi connectivity index (χ3v) is 3.03. The van der Waals surface area contributed by atoms with Crippen LogP contribution in [0.5, 0.6) is 5.75 Å². The van der Waals surface area contributed by atoms with Crippen molar-refractivity contribution in [2.75, 3.05) is 0 Å². The predicted molar refractivity (Wildman–Crippen MR) is 73.8 cm³/mol. The van der Waals surface area contributed by atoms with Crippen LogP contribution in [0.1, 0.15) is 39.2 Å². The number of amides is 1. The van der Waals surface area contributed by atoms with E-state index < -0.39 is 6.10 Å². The Hall–Kier alpha value is -1.51. The SMILES string of the molecule is CC[C@@H](C)NC(=O)[C@H](CC)Oc1ccccc1C. The number of hydrogen-bond donors (Lipinski definition) is 1. The topological polar surface area (TPSA) is 38.3 Å². The van der Waals surface area contributed by atoms with Gasteiger partial charge in [0.1, 0.15) is 5.75 Å². The fraction of sp³-hybridized carbons (Fsp3) is 0.533. The van der Waals surface area contributed by atoms with Crippen molar-refractivity contribution >= 4 is 5.91 Å². The number of hydrogen-bond acceptors (Lipinski definition) is 2. The zero-order chi connectivity index (χ0) is 13.5. The summed E-state index contributed by atoms with van der Waals surface area (Å²) in [6.45, 7) is 7.99. The van der Waals surface area contributed by atoms with Gasteiger partial charge in [-0.2, -0.15) is 0 Å². The molecule has 0 spiro atoms. The van der Waals surface area contributed by atoms with Crippen LogP contribution in [0.4, 0.5) is 0 Å². The van der Waals surface area contributed by atoms with Crippen molar-refractivity contribution < 1.29 is 9.53 Å². The van der Waals surface area contributed by atoms with Gasteiger partial charge in [-0.25, -0.2) is 0 Å². The maximum absolute atomic E-state index is 12.0. The molecule has 1 N–H and O–H groups in total. The first-order chi connectivity index (χ1) is 8.58. The van der Waals surface area contributed by atoms with Crippen LogP contribution in [0.3, 0.4) is 0 Å². The molecular formula is C15H23NO2. The van der Waals surface area contributed by atoms with E-state index in [1.807, 2.05) is 52.0 Å². The van der Waals surface area contributed by atoms with E-state index in [-0.39, 0.29) is 11.9 Å². The first kappa shape index (κ1) is 14.6. The molecule has 3 nitrogen and oxygen atoms in total. The van der Waals surface area contributed by atoms with Gasteiger partial charge in [-0.1, -0.05) is 32.0 Å². The third-order valence-electron chi connectivity index (χ3n) is 3.03. The van der Waals surface area contributed by atoms with Crippen LogP contribution >= 0.6 is 0 Å². The summed E-state index contributed by atoms with van der Waals surface area (Å²) in [6, 6.07) is 7.94. The molecule has 1 aromatic rings. The van der Waals surface area contributed by atoms with Crippen LogP contribution in [0.2, 0.25) is 0 Å². The molecule has 1 aromatic carbocycles. The Morgan fingerprint density at radius 1 is 1.28 bits per heavy atom. The standard InChI is InChI=1S/C15H23NO2/c1-5-12(4)16-15(17)13(6-2)18-14-10-8-7-9-11(14)3/h7-10,12-13H,5-6H2,1-4H3,(H,16,17)/t12-,13+/m1/s1. The smallest absolute Gasteiger partial charge is 0.261 e. The summed E-state index contributed by atoms with van der Waals surface area (Å²) in [5.74, 6) is 0.749. The number of ether oxygens (including phenoxy) is 1. The average Bonchev–Trinajstić information content (AvgIpc) is 2.37. The number of para-hydroxylation sites is 1. The molecule has 18 heavy (non-hydrogen) atoms. The van der Waals surface area contributed by atoms with Crippen molar-refractivity contribution in [2.45, 2.75) is 52.7 Å². The molecule has 0 saturated carbocycles. The van der Waals surface area contributed by atoms with Gasteiger partial charge in [0.05, 0.1) is 0 Å². The maximum Gasteiger partial charge on any atom is 0.261 e. The van der Waals surface area contributed by atoms with Gasteiger partial charge in [0, 0.05) is 6.04 Å². The van der Waals surface area contributed by atoms with Crippen LogP contribution in [0.25, 0.3) is 0 Å². The molecule has 0 radical (unpaired) electrons. The van der Waals surface area contributed by atoms with E-state index in [0.29, 0.717) is 6.42 Å². The Morgan fingerprint density at radius 3 is 2.50 bits per heavy atom. The van der Waals surface area contributed by atoms with Crippen LogP contribution in [0, 0.1) is 6.92 Å². The van der Waals surface area contributed by atoms with Crippen molar-refractivity contribution in [2.24, 2.45) is 0 Å². The number of carbonyl (C=O) groups excluding carboxylic acids is 1. The van der Waals surface area contributed by atoms with Crippen LogP contribution in [-0.4, -0.2) is 18.1 Å². The van der Waals surface area contributed by atoms with Crippen molar-refractivity contribution in [1.29, 1.82) is 0 Å². The van der Waals surface area contributed by atoms with Crippen LogP contribution in [0.15, 0.2) is 24.3 Å². The molecule has 1 amide bonds. The molecule has 0 saturated heterocycles. The van der Waals surface area contributed by atoms with Gasteiger partial charge in [-0.15, -0.1) is 0 Å². The first-order valence-corrected chi connectivity index (χ1v) is 6.61. The summed E-state index contributed by atoms with van der Waals surface area (Å²) in [7, 11) is 0. The Bertz CT molecular complexity index is 390. The number of nitrogens with one attached hydrogen (secondary N) is 1. The zero-order valence-corrected chi connectivity index (χ0v) is 11.7. The predicted octanol–water partition coefficient (Wildman–Crippen LogP) is 3.07. The second-order valence-corrected chi connectivity index (χ2v) is 4.60. The van der Waals surface area contributed by atoms with Gasteiger partial charge < -0.3 is 10.1 Å². The summed E-state index contributed by atoms with van der Waals surface area (Å²) < 4.78 is 5.79. The minimum Gasteiger partial charge on any atom is -0.480 e. The largest absolute Gasteiger partial charge is 0.480 e. The summed E-state index contributed by atoms with van der Waals surface area (Å²) in [4.78, 5) is 12.0. The summed E-state index contributed by atoms with van der Waals surface area (Å²) >= 11 is 0. The van der Waals surface area contributed by atoms with Gasteiger partial charge in [-0.05, 0) is 38.3 Å². The molecule has 0 bridgehead atoms. The summed E-state index contributed by atoms with van der Waals surface area (Å²) in [5.41, 5.74) is 1.05. The molecule has 0 aliphatic rings. The molecule has 0 unspecified atom stereocenters. The zero-order valence-electron chi connectivity index (χ0n) is 11.7. The Morgan fingerprint density at radius 2 is 1.94 bits per heavy atom. The van der Waals surface area contributed by atoms with Crippen molar-refractivity contribution in [3.63, 3.8) is 0 Å². The first-order valence-electron chi connectivity index (χ1n) is 6.61. The lowest BCUT2D eigenvalue weighted by Gasteiger charge is -2.20. The molecular weight excluding hydrogens is 226 g/mol. The maximum atomic E-state index is 12.0. The second-order valence-electron chi connectivity index (χ2n) is 4.60. The molecule has 2 atom stereocenters. The average molecular weight is 249 g/mol. The molecule has 0 heterocycles.